The number of halogens is 1. The summed E-state index contributed by atoms with van der Waals surface area (Å²) < 4.78 is 28.2. The predicted octanol–water partition coefficient (Wildman–Crippen LogP) is 2.05. The van der Waals surface area contributed by atoms with Gasteiger partial charge in [-0.2, -0.15) is 0 Å². The van der Waals surface area contributed by atoms with E-state index in [0.717, 1.165) is 22.9 Å². The molecule has 1 aromatic carbocycles. The van der Waals surface area contributed by atoms with Gasteiger partial charge in [0.25, 0.3) is 0 Å². The Bertz CT molecular complexity index is 580. The lowest BCUT2D eigenvalue weighted by atomic mass is 10.1. The van der Waals surface area contributed by atoms with E-state index in [0.29, 0.717) is 17.0 Å². The second-order valence-electron chi connectivity index (χ2n) is 5.07. The Labute approximate surface area is 116 Å². The third-order valence-electron chi connectivity index (χ3n) is 3.26. The Morgan fingerprint density at radius 1 is 1.44 bits per heavy atom. The molecule has 0 amide bonds. The largest absolute Gasteiger partial charge is 0.326 e. The summed E-state index contributed by atoms with van der Waals surface area (Å²) in [6.45, 7) is 4.02. The monoisotopic (exact) mass is 332 g/mol. The number of hydrogen-bond donors (Lipinski definition) is 2. The molecule has 100 valence electrons. The van der Waals surface area contributed by atoms with Crippen molar-refractivity contribution in [1.82, 2.24) is 4.72 Å². The molecule has 0 bridgehead atoms. The van der Waals surface area contributed by atoms with Crippen LogP contribution in [0.5, 0.6) is 0 Å². The molecule has 18 heavy (non-hydrogen) atoms. The van der Waals surface area contributed by atoms with E-state index in [9.17, 15) is 8.42 Å². The molecule has 1 aromatic rings. The van der Waals surface area contributed by atoms with Crippen molar-refractivity contribution in [3.63, 3.8) is 0 Å². The molecule has 0 saturated heterocycles. The number of nitrogens with one attached hydrogen (secondary N) is 1. The topological polar surface area (TPSA) is 72.2 Å². The van der Waals surface area contributed by atoms with Crippen molar-refractivity contribution in [1.29, 1.82) is 0 Å². The zero-order valence-corrected chi connectivity index (χ0v) is 12.9. The number of hydrogen-bond acceptors (Lipinski definition) is 3. The van der Waals surface area contributed by atoms with Gasteiger partial charge in [-0.1, -0.05) is 15.9 Å². The van der Waals surface area contributed by atoms with E-state index in [1.807, 2.05) is 13.0 Å². The number of benzene rings is 1. The fourth-order valence-corrected chi connectivity index (χ4v) is 4.19. The van der Waals surface area contributed by atoms with E-state index < -0.39 is 10.0 Å². The number of sulfonamides is 1. The maximum atomic E-state index is 12.4. The zero-order chi connectivity index (χ0) is 13.6. The van der Waals surface area contributed by atoms with Gasteiger partial charge in [0.15, 0.2) is 0 Å². The molecule has 0 aliphatic heterocycles. The van der Waals surface area contributed by atoms with Crippen molar-refractivity contribution >= 4 is 26.0 Å². The van der Waals surface area contributed by atoms with Gasteiger partial charge in [0.05, 0.1) is 4.90 Å². The molecule has 1 fully saturated rings. The molecular formula is C12H17BrN2O2S. The van der Waals surface area contributed by atoms with Crippen LogP contribution in [0.3, 0.4) is 0 Å². The summed E-state index contributed by atoms with van der Waals surface area (Å²) >= 11 is 3.38. The van der Waals surface area contributed by atoms with E-state index >= 15 is 0 Å². The van der Waals surface area contributed by atoms with Crippen LogP contribution >= 0.6 is 15.9 Å². The molecule has 1 aliphatic rings. The first-order chi connectivity index (χ1) is 8.27. The van der Waals surface area contributed by atoms with Crippen LogP contribution in [0, 0.1) is 6.92 Å². The predicted molar refractivity (Wildman–Crippen MR) is 74.7 cm³/mol. The van der Waals surface area contributed by atoms with Gasteiger partial charge in [-0.3, -0.25) is 0 Å². The summed E-state index contributed by atoms with van der Waals surface area (Å²) in [6, 6.07) is 3.50. The molecule has 0 heterocycles. The smallest absolute Gasteiger partial charge is 0.241 e. The van der Waals surface area contributed by atoms with E-state index in [1.54, 1.807) is 13.0 Å². The number of rotatable bonds is 4. The lowest BCUT2D eigenvalue weighted by Crippen LogP contribution is -2.34. The Balaban J connectivity index is 2.46. The SMILES string of the molecule is Cc1c(Br)cc(CN)cc1S(=O)(=O)NC1(C)CC1. The van der Waals surface area contributed by atoms with Crippen molar-refractivity contribution in [3.8, 4) is 0 Å². The van der Waals surface area contributed by atoms with Gasteiger partial charge in [-0.05, 0) is 49.9 Å². The molecule has 2 rings (SSSR count). The molecule has 0 radical (unpaired) electrons. The van der Waals surface area contributed by atoms with Crippen LogP contribution in [-0.4, -0.2) is 14.0 Å². The Morgan fingerprint density at radius 3 is 2.56 bits per heavy atom. The quantitative estimate of drug-likeness (QED) is 0.886. The molecule has 0 aromatic heterocycles. The lowest BCUT2D eigenvalue weighted by molar-refractivity contribution is 0.557. The highest BCUT2D eigenvalue weighted by atomic mass is 79.9. The van der Waals surface area contributed by atoms with Gasteiger partial charge in [-0.15, -0.1) is 0 Å². The van der Waals surface area contributed by atoms with Crippen LogP contribution in [0.15, 0.2) is 21.5 Å². The highest BCUT2D eigenvalue weighted by Crippen LogP contribution is 2.36. The van der Waals surface area contributed by atoms with Crippen molar-refractivity contribution in [3.05, 3.63) is 27.7 Å². The van der Waals surface area contributed by atoms with Gasteiger partial charge in [0.2, 0.25) is 10.0 Å². The normalized spacial score (nSPS) is 17.8. The average Bonchev–Trinajstić information content (AvgIpc) is 2.98. The molecular weight excluding hydrogens is 316 g/mol. The Morgan fingerprint density at radius 2 is 2.06 bits per heavy atom. The molecule has 0 spiro atoms. The molecule has 0 unspecified atom stereocenters. The molecule has 6 heteroatoms. The second kappa shape index (κ2) is 4.59. The van der Waals surface area contributed by atoms with Crippen LogP contribution in [0.4, 0.5) is 0 Å². The minimum atomic E-state index is -3.48. The first kappa shape index (κ1) is 14.0. The standard InChI is InChI=1S/C12H17BrN2O2S/c1-8-10(13)5-9(7-14)6-11(8)18(16,17)15-12(2)3-4-12/h5-6,15H,3-4,7,14H2,1-2H3. The van der Waals surface area contributed by atoms with Crippen LogP contribution in [0.25, 0.3) is 0 Å². The molecule has 4 nitrogen and oxygen atoms in total. The minimum absolute atomic E-state index is 0.267. The van der Waals surface area contributed by atoms with Gasteiger partial charge in [-0.25, -0.2) is 13.1 Å². The number of nitrogens with two attached hydrogens (primary N) is 1. The Kier molecular flexibility index (Phi) is 3.57. The summed E-state index contributed by atoms with van der Waals surface area (Å²) in [7, 11) is -3.48. The summed E-state index contributed by atoms with van der Waals surface area (Å²) in [5.41, 5.74) is 6.83. The van der Waals surface area contributed by atoms with Crippen LogP contribution in [0.2, 0.25) is 0 Å². The summed E-state index contributed by atoms with van der Waals surface area (Å²) in [5.74, 6) is 0. The van der Waals surface area contributed by atoms with Gasteiger partial charge in [0.1, 0.15) is 0 Å². The van der Waals surface area contributed by atoms with E-state index in [4.69, 9.17) is 5.73 Å². The van der Waals surface area contributed by atoms with E-state index in [1.165, 1.54) is 0 Å². The van der Waals surface area contributed by atoms with Crippen LogP contribution in [-0.2, 0) is 16.6 Å². The van der Waals surface area contributed by atoms with Crippen LogP contribution < -0.4 is 10.5 Å². The highest BCUT2D eigenvalue weighted by Gasteiger charge is 2.41. The third-order valence-corrected chi connectivity index (χ3v) is 5.85. The fraction of sp³-hybridized carbons (Fsp3) is 0.500. The van der Waals surface area contributed by atoms with Gasteiger partial charge < -0.3 is 5.73 Å². The average molecular weight is 333 g/mol. The zero-order valence-electron chi connectivity index (χ0n) is 10.5. The summed E-state index contributed by atoms with van der Waals surface area (Å²) in [4.78, 5) is 0.311. The van der Waals surface area contributed by atoms with Crippen molar-refractivity contribution in [2.45, 2.75) is 43.7 Å². The maximum Gasteiger partial charge on any atom is 0.241 e. The van der Waals surface area contributed by atoms with E-state index in [-0.39, 0.29) is 5.54 Å². The molecule has 1 saturated carbocycles. The summed E-state index contributed by atoms with van der Waals surface area (Å²) in [5, 5.41) is 0. The summed E-state index contributed by atoms with van der Waals surface area (Å²) in [6.07, 6.45) is 1.78. The molecule has 1 aliphatic carbocycles. The first-order valence-electron chi connectivity index (χ1n) is 5.80. The third kappa shape index (κ3) is 2.77. The maximum absolute atomic E-state index is 12.4. The lowest BCUT2D eigenvalue weighted by Gasteiger charge is -2.15. The minimum Gasteiger partial charge on any atom is -0.326 e. The fourth-order valence-electron chi connectivity index (χ4n) is 1.77. The molecule has 3 N–H and O–H groups in total. The van der Waals surface area contributed by atoms with Crippen molar-refractivity contribution in [2.75, 3.05) is 0 Å². The first-order valence-corrected chi connectivity index (χ1v) is 8.08. The van der Waals surface area contributed by atoms with Crippen LogP contribution in [0.1, 0.15) is 30.9 Å². The second-order valence-corrected chi connectivity index (χ2v) is 7.58. The van der Waals surface area contributed by atoms with Gasteiger partial charge in [0, 0.05) is 16.6 Å². The van der Waals surface area contributed by atoms with Gasteiger partial charge >= 0.3 is 0 Å². The highest BCUT2D eigenvalue weighted by molar-refractivity contribution is 9.10. The van der Waals surface area contributed by atoms with Crippen molar-refractivity contribution in [2.24, 2.45) is 5.73 Å². The Hall–Kier alpha value is -0.430. The van der Waals surface area contributed by atoms with Crippen molar-refractivity contribution < 1.29 is 8.42 Å². The molecule has 0 atom stereocenters. The van der Waals surface area contributed by atoms with E-state index in [2.05, 4.69) is 20.7 Å².